The van der Waals surface area contributed by atoms with Crippen molar-refractivity contribution in [1.29, 1.82) is 0 Å². The van der Waals surface area contributed by atoms with Crippen molar-refractivity contribution in [3.63, 3.8) is 0 Å². The van der Waals surface area contributed by atoms with Gasteiger partial charge in [0.2, 0.25) is 5.91 Å². The topological polar surface area (TPSA) is 46.3 Å². The summed E-state index contributed by atoms with van der Waals surface area (Å²) in [6.45, 7) is 0. The minimum atomic E-state index is -0.668. The van der Waals surface area contributed by atoms with Gasteiger partial charge in [-0.15, -0.1) is 0 Å². The zero-order valence-electron chi connectivity index (χ0n) is 14.6. The van der Waals surface area contributed by atoms with Gasteiger partial charge in [0.25, 0.3) is 0 Å². The predicted octanol–water partition coefficient (Wildman–Crippen LogP) is 4.84. The number of rotatable bonds is 3. The summed E-state index contributed by atoms with van der Waals surface area (Å²) in [5.41, 5.74) is 9.99. The molecule has 1 aliphatic rings. The van der Waals surface area contributed by atoms with Gasteiger partial charge in [0.1, 0.15) is 0 Å². The van der Waals surface area contributed by atoms with Crippen LogP contribution in [0.5, 0.6) is 0 Å². The number of carbonyl (C=O) groups excluding carboxylic acids is 1. The zero-order chi connectivity index (χ0) is 18.8. The quantitative estimate of drug-likeness (QED) is 0.713. The lowest BCUT2D eigenvalue weighted by Gasteiger charge is -2.36. The summed E-state index contributed by atoms with van der Waals surface area (Å²) in [6.07, 6.45) is 2.08. The lowest BCUT2D eigenvalue weighted by atomic mass is 9.85. The third-order valence-electron chi connectivity index (χ3n) is 4.81. The van der Waals surface area contributed by atoms with Gasteiger partial charge in [-0.3, -0.25) is 9.69 Å². The van der Waals surface area contributed by atoms with Crippen LogP contribution in [0.1, 0.15) is 17.0 Å². The first-order chi connectivity index (χ1) is 13.1. The molecule has 27 heavy (non-hydrogen) atoms. The third-order valence-corrected chi connectivity index (χ3v) is 5.06. The molecule has 3 aromatic carbocycles. The minimum absolute atomic E-state index is 0.123. The van der Waals surface area contributed by atoms with E-state index in [0.29, 0.717) is 5.02 Å². The molecule has 3 aromatic rings. The van der Waals surface area contributed by atoms with Gasteiger partial charge in [-0.2, -0.15) is 0 Å². The van der Waals surface area contributed by atoms with Crippen molar-refractivity contribution in [2.24, 2.45) is 5.73 Å². The zero-order valence-corrected chi connectivity index (χ0v) is 15.4. The Morgan fingerprint density at radius 3 is 2.04 bits per heavy atom. The van der Waals surface area contributed by atoms with Gasteiger partial charge < -0.3 is 5.73 Å². The van der Waals surface area contributed by atoms with Crippen LogP contribution in [0.25, 0.3) is 5.70 Å². The smallest absolute Gasteiger partial charge is 0.249 e. The van der Waals surface area contributed by atoms with Crippen LogP contribution in [-0.2, 0) is 4.79 Å². The molecule has 1 aliphatic heterocycles. The number of amides is 1. The van der Waals surface area contributed by atoms with Gasteiger partial charge in [-0.1, -0.05) is 72.3 Å². The molecule has 0 aromatic heterocycles. The number of hydrogen-bond donors (Lipinski definition) is 1. The van der Waals surface area contributed by atoms with Gasteiger partial charge >= 0.3 is 0 Å². The van der Waals surface area contributed by atoms with E-state index in [4.69, 9.17) is 17.3 Å². The molecule has 134 valence electrons. The average Bonchev–Trinajstić information content (AvgIpc) is 2.72. The average molecular weight is 375 g/mol. The van der Waals surface area contributed by atoms with Crippen LogP contribution in [-0.4, -0.2) is 11.9 Å². The van der Waals surface area contributed by atoms with Gasteiger partial charge in [-0.05, 0) is 41.5 Å². The molecule has 4 rings (SSSR count). The maximum absolute atomic E-state index is 13.3. The van der Waals surface area contributed by atoms with E-state index in [9.17, 15) is 4.79 Å². The number of para-hydroxylation sites is 1. The van der Waals surface area contributed by atoms with Crippen molar-refractivity contribution >= 4 is 28.9 Å². The van der Waals surface area contributed by atoms with Crippen LogP contribution in [0.3, 0.4) is 0 Å². The number of nitrogens with zero attached hydrogens (tertiary/aromatic N) is 1. The third kappa shape index (κ3) is 3.39. The molecule has 2 N–H and O–H groups in total. The van der Waals surface area contributed by atoms with Crippen molar-refractivity contribution in [3.8, 4) is 0 Å². The van der Waals surface area contributed by atoms with Crippen LogP contribution in [0, 0.1) is 0 Å². The highest BCUT2D eigenvalue weighted by Gasteiger charge is 2.36. The van der Waals surface area contributed by atoms with Gasteiger partial charge in [-0.25, -0.2) is 0 Å². The van der Waals surface area contributed by atoms with Crippen molar-refractivity contribution < 1.29 is 4.79 Å². The fraction of sp³-hybridized carbons (Fsp3) is 0.0870. The van der Waals surface area contributed by atoms with Crippen molar-refractivity contribution in [2.45, 2.75) is 12.0 Å². The second-order valence-electron chi connectivity index (χ2n) is 6.53. The van der Waals surface area contributed by atoms with Crippen LogP contribution in [0.15, 0.2) is 91.0 Å². The lowest BCUT2D eigenvalue weighted by molar-refractivity contribution is -0.119. The number of benzene rings is 3. The number of halogens is 1. The van der Waals surface area contributed by atoms with Crippen LogP contribution in [0.4, 0.5) is 5.69 Å². The van der Waals surface area contributed by atoms with Gasteiger partial charge in [0, 0.05) is 16.6 Å². The fourth-order valence-electron chi connectivity index (χ4n) is 3.44. The highest BCUT2D eigenvalue weighted by molar-refractivity contribution is 6.30. The van der Waals surface area contributed by atoms with Crippen LogP contribution >= 0.6 is 11.6 Å². The van der Waals surface area contributed by atoms with Gasteiger partial charge in [0.05, 0.1) is 11.7 Å². The summed E-state index contributed by atoms with van der Waals surface area (Å²) < 4.78 is 0. The lowest BCUT2D eigenvalue weighted by Crippen LogP contribution is -2.49. The SMILES string of the molecule is N[C@H]1C(=O)N(c2ccccc2)C(c2ccccc2)=C[C@@H]1c1ccc(Cl)cc1. The minimum Gasteiger partial charge on any atom is -0.319 e. The molecule has 1 heterocycles. The predicted molar refractivity (Wildman–Crippen MR) is 111 cm³/mol. The first-order valence-electron chi connectivity index (χ1n) is 8.82. The molecule has 0 unspecified atom stereocenters. The molecule has 0 aliphatic carbocycles. The largest absolute Gasteiger partial charge is 0.319 e. The molecule has 0 saturated heterocycles. The normalized spacial score (nSPS) is 19.7. The first-order valence-corrected chi connectivity index (χ1v) is 9.20. The molecular formula is C23H19ClN2O. The van der Waals surface area contributed by atoms with E-state index < -0.39 is 6.04 Å². The Bertz CT molecular complexity index is 968. The summed E-state index contributed by atoms with van der Waals surface area (Å²) in [4.78, 5) is 15.0. The number of nitrogens with two attached hydrogens (primary N) is 1. The van der Waals surface area contributed by atoms with E-state index in [2.05, 4.69) is 6.08 Å². The van der Waals surface area contributed by atoms with Gasteiger partial charge in [0.15, 0.2) is 0 Å². The Labute approximate surface area is 163 Å². The summed E-state index contributed by atoms with van der Waals surface area (Å²) in [5, 5.41) is 0.660. The van der Waals surface area contributed by atoms with Crippen molar-refractivity contribution in [1.82, 2.24) is 0 Å². The van der Waals surface area contributed by atoms with E-state index >= 15 is 0 Å². The van der Waals surface area contributed by atoms with Crippen molar-refractivity contribution in [3.05, 3.63) is 107 Å². The maximum atomic E-state index is 13.3. The molecule has 0 fully saturated rings. The second kappa shape index (κ2) is 7.39. The van der Waals surface area contributed by atoms with Crippen molar-refractivity contribution in [2.75, 3.05) is 4.90 Å². The maximum Gasteiger partial charge on any atom is 0.249 e. The molecule has 4 heteroatoms. The Morgan fingerprint density at radius 1 is 0.815 bits per heavy atom. The number of carbonyl (C=O) groups is 1. The Hall–Kier alpha value is -2.88. The second-order valence-corrected chi connectivity index (χ2v) is 6.97. The first kappa shape index (κ1) is 17.5. The molecule has 0 saturated carbocycles. The highest BCUT2D eigenvalue weighted by atomic mass is 35.5. The summed E-state index contributed by atoms with van der Waals surface area (Å²) in [7, 11) is 0. The Kier molecular flexibility index (Phi) is 4.80. The van der Waals surface area contributed by atoms with E-state index in [1.54, 1.807) is 4.90 Å². The van der Waals surface area contributed by atoms with E-state index in [1.165, 1.54) is 0 Å². The molecular weight excluding hydrogens is 356 g/mol. The van der Waals surface area contributed by atoms with Crippen LogP contribution < -0.4 is 10.6 Å². The van der Waals surface area contributed by atoms with E-state index in [0.717, 1.165) is 22.5 Å². The Balaban J connectivity index is 1.87. The molecule has 0 radical (unpaired) electrons. The molecule has 0 spiro atoms. The summed E-state index contributed by atoms with van der Waals surface area (Å²) in [6, 6.07) is 26.4. The van der Waals surface area contributed by atoms with Crippen LogP contribution in [0.2, 0.25) is 5.02 Å². The number of anilines is 1. The fourth-order valence-corrected chi connectivity index (χ4v) is 3.56. The molecule has 2 atom stereocenters. The monoisotopic (exact) mass is 374 g/mol. The standard InChI is InChI=1S/C23H19ClN2O/c24-18-13-11-16(12-14-18)20-15-21(17-7-3-1-4-8-17)26(23(27)22(20)25)19-9-5-2-6-10-19/h1-15,20,22H,25H2/t20-,22-/m1/s1. The van der Waals surface area contributed by atoms with E-state index in [-0.39, 0.29) is 11.8 Å². The number of hydrogen-bond acceptors (Lipinski definition) is 2. The molecule has 0 bridgehead atoms. The highest BCUT2D eigenvalue weighted by Crippen LogP contribution is 2.37. The molecule has 3 nitrogen and oxygen atoms in total. The van der Waals surface area contributed by atoms with E-state index in [1.807, 2.05) is 84.9 Å². The summed E-state index contributed by atoms with van der Waals surface area (Å²) >= 11 is 6.02. The summed E-state index contributed by atoms with van der Waals surface area (Å²) in [5.74, 6) is -0.340. The molecule has 1 amide bonds. The Morgan fingerprint density at radius 2 is 1.41 bits per heavy atom.